The molecule has 3 heterocycles. The third-order valence-corrected chi connectivity index (χ3v) is 5.70. The molecule has 3 saturated heterocycles. The maximum Gasteiger partial charge on any atom is 0.249 e. The normalized spacial score (nSPS) is 29.4. The van der Waals surface area contributed by atoms with Gasteiger partial charge in [0.15, 0.2) is 0 Å². The summed E-state index contributed by atoms with van der Waals surface area (Å²) in [6.45, 7) is 5.39. The number of carbonyl (C=O) groups is 1. The van der Waals surface area contributed by atoms with Crippen LogP contribution in [0.3, 0.4) is 0 Å². The fourth-order valence-electron chi connectivity index (χ4n) is 3.06. The zero-order chi connectivity index (χ0) is 13.9. The van der Waals surface area contributed by atoms with E-state index in [0.29, 0.717) is 6.04 Å². The topological polar surface area (TPSA) is 41.6 Å². The maximum absolute atomic E-state index is 12.8. The van der Waals surface area contributed by atoms with Crippen molar-refractivity contribution in [1.82, 2.24) is 10.2 Å². The Kier molecular flexibility index (Phi) is 4.68. The van der Waals surface area contributed by atoms with Gasteiger partial charge in [0, 0.05) is 43.6 Å². The quantitative estimate of drug-likeness (QED) is 0.797. The molecule has 3 aliphatic rings. The zero-order valence-corrected chi connectivity index (χ0v) is 13.0. The lowest BCUT2D eigenvalue weighted by Gasteiger charge is -2.32. The van der Waals surface area contributed by atoms with E-state index >= 15 is 0 Å². The summed E-state index contributed by atoms with van der Waals surface area (Å²) in [4.78, 5) is 14.9. The molecule has 112 valence electrons. The average molecular weight is 296 g/mol. The second kappa shape index (κ2) is 6.50. The van der Waals surface area contributed by atoms with Crippen LogP contribution >= 0.6 is 11.8 Å². The SMILES string of the molecule is CC(C(=O)N(CC1CCCO1)C1CCSC1)=C1CNC1. The van der Waals surface area contributed by atoms with E-state index in [2.05, 4.69) is 10.2 Å². The Balaban J connectivity index is 1.71. The lowest BCUT2D eigenvalue weighted by atomic mass is 10.0. The summed E-state index contributed by atoms with van der Waals surface area (Å²) in [5.41, 5.74) is 2.23. The Labute approximate surface area is 125 Å². The minimum atomic E-state index is 0.240. The van der Waals surface area contributed by atoms with Gasteiger partial charge in [-0.1, -0.05) is 0 Å². The number of nitrogens with zero attached hydrogens (tertiary/aromatic N) is 1. The number of thioether (sulfide) groups is 1. The Bertz CT molecular complexity index is 393. The van der Waals surface area contributed by atoms with E-state index in [1.54, 1.807) is 0 Å². The lowest BCUT2D eigenvalue weighted by molar-refractivity contribution is -0.130. The lowest BCUT2D eigenvalue weighted by Crippen LogP contribution is -2.46. The van der Waals surface area contributed by atoms with Gasteiger partial charge in [-0.05, 0) is 37.5 Å². The van der Waals surface area contributed by atoms with Crippen LogP contribution in [0.5, 0.6) is 0 Å². The van der Waals surface area contributed by atoms with Crippen molar-refractivity contribution in [3.05, 3.63) is 11.1 Å². The number of hydrogen-bond acceptors (Lipinski definition) is 4. The van der Waals surface area contributed by atoms with Crippen molar-refractivity contribution in [2.45, 2.75) is 38.3 Å². The summed E-state index contributed by atoms with van der Waals surface area (Å²) in [7, 11) is 0. The van der Waals surface area contributed by atoms with E-state index in [1.165, 1.54) is 11.3 Å². The molecule has 0 aromatic carbocycles. The molecule has 0 aromatic heterocycles. The van der Waals surface area contributed by atoms with Gasteiger partial charge >= 0.3 is 0 Å². The molecule has 0 bridgehead atoms. The zero-order valence-electron chi connectivity index (χ0n) is 12.2. The molecule has 0 spiro atoms. The molecule has 4 nitrogen and oxygen atoms in total. The largest absolute Gasteiger partial charge is 0.376 e. The Morgan fingerprint density at radius 3 is 2.85 bits per heavy atom. The van der Waals surface area contributed by atoms with E-state index in [9.17, 15) is 4.79 Å². The Hall–Kier alpha value is -0.520. The predicted molar refractivity (Wildman–Crippen MR) is 82.0 cm³/mol. The van der Waals surface area contributed by atoms with Crippen LogP contribution in [-0.4, -0.2) is 60.7 Å². The van der Waals surface area contributed by atoms with E-state index in [1.807, 2.05) is 18.7 Å². The van der Waals surface area contributed by atoms with Crippen molar-refractivity contribution >= 4 is 17.7 Å². The predicted octanol–water partition coefficient (Wildman–Crippen LogP) is 1.42. The van der Waals surface area contributed by atoms with Gasteiger partial charge in [-0.15, -0.1) is 0 Å². The molecule has 5 heteroatoms. The molecular weight excluding hydrogens is 272 g/mol. The van der Waals surface area contributed by atoms with Gasteiger partial charge in [0.05, 0.1) is 6.10 Å². The number of carbonyl (C=O) groups excluding carboxylic acids is 1. The van der Waals surface area contributed by atoms with Crippen LogP contribution in [0.4, 0.5) is 0 Å². The Morgan fingerprint density at radius 1 is 1.45 bits per heavy atom. The first kappa shape index (κ1) is 14.4. The molecule has 0 saturated carbocycles. The minimum absolute atomic E-state index is 0.240. The molecule has 3 aliphatic heterocycles. The van der Waals surface area contributed by atoms with Crippen molar-refractivity contribution < 1.29 is 9.53 Å². The molecule has 2 unspecified atom stereocenters. The summed E-state index contributed by atoms with van der Waals surface area (Å²) in [6, 6.07) is 0.403. The summed E-state index contributed by atoms with van der Waals surface area (Å²) >= 11 is 1.96. The Morgan fingerprint density at radius 2 is 2.30 bits per heavy atom. The van der Waals surface area contributed by atoms with E-state index in [4.69, 9.17) is 4.74 Å². The first-order valence-corrected chi connectivity index (χ1v) is 8.81. The van der Waals surface area contributed by atoms with Gasteiger partial charge in [0.1, 0.15) is 0 Å². The third-order valence-electron chi connectivity index (χ3n) is 4.56. The average Bonchev–Trinajstić information content (AvgIpc) is 3.05. The van der Waals surface area contributed by atoms with Crippen molar-refractivity contribution in [2.75, 3.05) is 37.7 Å². The van der Waals surface area contributed by atoms with Gasteiger partial charge in [-0.25, -0.2) is 0 Å². The van der Waals surface area contributed by atoms with Crippen LogP contribution < -0.4 is 5.32 Å². The maximum atomic E-state index is 12.8. The highest BCUT2D eigenvalue weighted by atomic mass is 32.2. The van der Waals surface area contributed by atoms with Gasteiger partial charge in [0.25, 0.3) is 0 Å². The van der Waals surface area contributed by atoms with E-state index < -0.39 is 0 Å². The number of nitrogens with one attached hydrogen (secondary N) is 1. The number of ether oxygens (including phenoxy) is 1. The molecule has 2 atom stereocenters. The molecule has 1 amide bonds. The second-order valence-corrected chi connectivity index (χ2v) is 7.09. The van der Waals surface area contributed by atoms with Crippen LogP contribution in [0.1, 0.15) is 26.2 Å². The smallest absolute Gasteiger partial charge is 0.249 e. The molecule has 0 aliphatic carbocycles. The molecule has 20 heavy (non-hydrogen) atoms. The van der Waals surface area contributed by atoms with E-state index in [-0.39, 0.29) is 12.0 Å². The molecule has 1 N–H and O–H groups in total. The van der Waals surface area contributed by atoms with Crippen LogP contribution in [0, 0.1) is 0 Å². The van der Waals surface area contributed by atoms with Crippen molar-refractivity contribution in [1.29, 1.82) is 0 Å². The van der Waals surface area contributed by atoms with Crippen LogP contribution in [0.15, 0.2) is 11.1 Å². The molecule has 3 fully saturated rings. The van der Waals surface area contributed by atoms with Gasteiger partial charge in [-0.3, -0.25) is 4.79 Å². The van der Waals surface area contributed by atoms with E-state index in [0.717, 1.165) is 56.8 Å². The van der Waals surface area contributed by atoms with Gasteiger partial charge < -0.3 is 15.0 Å². The third kappa shape index (κ3) is 3.05. The highest BCUT2D eigenvalue weighted by Gasteiger charge is 2.32. The van der Waals surface area contributed by atoms with Crippen LogP contribution in [-0.2, 0) is 9.53 Å². The standard InChI is InChI=1S/C15H24N2O2S/c1-11(12-7-16-8-12)15(18)17(13-4-6-20-10-13)9-14-3-2-5-19-14/h13-14,16H,2-10H2,1H3. The summed E-state index contributed by atoms with van der Waals surface area (Å²) in [6.07, 6.45) is 3.61. The van der Waals surface area contributed by atoms with Crippen LogP contribution in [0.25, 0.3) is 0 Å². The molecule has 3 rings (SSSR count). The summed E-state index contributed by atoms with van der Waals surface area (Å²) in [5, 5.41) is 3.22. The number of hydrogen-bond donors (Lipinski definition) is 1. The molecule has 0 aromatic rings. The summed E-state index contributed by atoms with van der Waals surface area (Å²) < 4.78 is 5.74. The molecular formula is C15H24N2O2S. The van der Waals surface area contributed by atoms with Crippen molar-refractivity contribution in [2.24, 2.45) is 0 Å². The second-order valence-electron chi connectivity index (χ2n) is 5.94. The first-order chi connectivity index (χ1) is 9.75. The highest BCUT2D eigenvalue weighted by Crippen LogP contribution is 2.26. The molecule has 0 radical (unpaired) electrons. The highest BCUT2D eigenvalue weighted by molar-refractivity contribution is 7.99. The van der Waals surface area contributed by atoms with Gasteiger partial charge in [0.2, 0.25) is 5.91 Å². The number of rotatable bonds is 4. The number of amides is 1. The van der Waals surface area contributed by atoms with Crippen LogP contribution in [0.2, 0.25) is 0 Å². The monoisotopic (exact) mass is 296 g/mol. The first-order valence-electron chi connectivity index (χ1n) is 7.65. The summed E-state index contributed by atoms with van der Waals surface area (Å²) in [5.74, 6) is 2.50. The van der Waals surface area contributed by atoms with Crippen molar-refractivity contribution in [3.8, 4) is 0 Å². The fourth-order valence-corrected chi connectivity index (χ4v) is 4.28. The fraction of sp³-hybridized carbons (Fsp3) is 0.800. The van der Waals surface area contributed by atoms with Gasteiger partial charge in [-0.2, -0.15) is 11.8 Å². The minimum Gasteiger partial charge on any atom is -0.376 e. The van der Waals surface area contributed by atoms with Crippen molar-refractivity contribution in [3.63, 3.8) is 0 Å².